The number of hydrogen-bond donors (Lipinski definition) is 1. The summed E-state index contributed by atoms with van der Waals surface area (Å²) in [7, 11) is 0. The molecule has 0 unspecified atom stereocenters. The van der Waals surface area contributed by atoms with E-state index in [-0.39, 0.29) is 6.61 Å². The predicted octanol–water partition coefficient (Wildman–Crippen LogP) is 2.19. The fourth-order valence-electron chi connectivity index (χ4n) is 1.61. The molecule has 102 valence electrons. The van der Waals surface area contributed by atoms with Crippen LogP contribution in [-0.4, -0.2) is 28.5 Å². The Morgan fingerprint density at radius 2 is 2.00 bits per heavy atom. The molecule has 1 aromatic heterocycles. The molecule has 0 radical (unpaired) electrons. The molecule has 2 aromatic rings. The minimum Gasteiger partial charge on any atom is -0.493 e. The third kappa shape index (κ3) is 3.94. The highest BCUT2D eigenvalue weighted by Gasteiger charge is 2.06. The van der Waals surface area contributed by atoms with Gasteiger partial charge < -0.3 is 14.3 Å². The molecule has 0 aliphatic rings. The van der Waals surface area contributed by atoms with Gasteiger partial charge in [-0.3, -0.25) is 0 Å². The molecular formula is C13H15ClN2O3. The second kappa shape index (κ2) is 6.54. The van der Waals surface area contributed by atoms with Crippen molar-refractivity contribution in [2.75, 3.05) is 13.2 Å². The van der Waals surface area contributed by atoms with Gasteiger partial charge in [-0.05, 0) is 30.7 Å². The molecule has 0 amide bonds. The third-order valence-corrected chi connectivity index (χ3v) is 2.78. The van der Waals surface area contributed by atoms with Crippen LogP contribution < -0.4 is 4.74 Å². The lowest BCUT2D eigenvalue weighted by atomic mass is 10.2. The van der Waals surface area contributed by atoms with Crippen LogP contribution in [0.3, 0.4) is 0 Å². The van der Waals surface area contributed by atoms with Crippen molar-refractivity contribution in [1.82, 2.24) is 10.2 Å². The molecule has 0 saturated heterocycles. The molecule has 0 aliphatic heterocycles. The first-order valence-corrected chi connectivity index (χ1v) is 6.38. The fraction of sp³-hybridized carbons (Fsp3) is 0.385. The van der Waals surface area contributed by atoms with Gasteiger partial charge in [0.25, 0.3) is 0 Å². The van der Waals surface area contributed by atoms with Crippen molar-refractivity contribution in [3.63, 3.8) is 0 Å². The van der Waals surface area contributed by atoms with Crippen molar-refractivity contribution in [2.45, 2.75) is 19.8 Å². The van der Waals surface area contributed by atoms with Crippen LogP contribution in [0.25, 0.3) is 0 Å². The average Bonchev–Trinajstić information content (AvgIpc) is 2.80. The van der Waals surface area contributed by atoms with Crippen molar-refractivity contribution >= 4 is 11.6 Å². The second-order valence-electron chi connectivity index (χ2n) is 4.07. The number of nitrogens with zero attached hydrogens (tertiary/aromatic N) is 2. The summed E-state index contributed by atoms with van der Waals surface area (Å²) in [5.74, 6) is 1.75. The molecule has 6 heteroatoms. The quantitative estimate of drug-likeness (QED) is 0.879. The van der Waals surface area contributed by atoms with Crippen molar-refractivity contribution in [1.29, 1.82) is 0 Å². The second-order valence-corrected chi connectivity index (χ2v) is 4.51. The lowest BCUT2D eigenvalue weighted by molar-refractivity contribution is 0.277. The summed E-state index contributed by atoms with van der Waals surface area (Å²) >= 11 is 5.87. The first-order valence-electron chi connectivity index (χ1n) is 6.00. The highest BCUT2D eigenvalue weighted by molar-refractivity contribution is 6.30. The van der Waals surface area contributed by atoms with Gasteiger partial charge in [0.2, 0.25) is 11.8 Å². The van der Waals surface area contributed by atoms with E-state index in [9.17, 15) is 0 Å². The monoisotopic (exact) mass is 282 g/mol. The smallest absolute Gasteiger partial charge is 0.219 e. The summed E-state index contributed by atoms with van der Waals surface area (Å²) in [6, 6.07) is 5.47. The Bertz CT molecular complexity index is 542. The molecule has 19 heavy (non-hydrogen) atoms. The normalized spacial score (nSPS) is 10.7. The first kappa shape index (κ1) is 13.8. The summed E-state index contributed by atoms with van der Waals surface area (Å²) in [6.07, 6.45) is 0.907. The number of aromatic nitrogens is 2. The maximum absolute atomic E-state index is 8.74. The molecule has 1 aromatic carbocycles. The summed E-state index contributed by atoms with van der Waals surface area (Å²) in [4.78, 5) is 0. The Morgan fingerprint density at radius 3 is 2.68 bits per heavy atom. The van der Waals surface area contributed by atoms with Crippen LogP contribution in [0.15, 0.2) is 22.6 Å². The number of rotatable bonds is 6. The minimum atomic E-state index is 0.00209. The van der Waals surface area contributed by atoms with E-state index >= 15 is 0 Å². The van der Waals surface area contributed by atoms with Gasteiger partial charge >= 0.3 is 0 Å². The predicted molar refractivity (Wildman–Crippen MR) is 70.5 cm³/mol. The van der Waals surface area contributed by atoms with Crippen molar-refractivity contribution < 1.29 is 14.3 Å². The van der Waals surface area contributed by atoms with E-state index in [1.807, 2.05) is 19.1 Å². The first-order chi connectivity index (χ1) is 9.19. The maximum atomic E-state index is 8.74. The highest BCUT2D eigenvalue weighted by atomic mass is 35.5. The summed E-state index contributed by atoms with van der Waals surface area (Å²) in [5.41, 5.74) is 0.985. The molecular weight excluding hydrogens is 268 g/mol. The van der Waals surface area contributed by atoms with E-state index in [0.29, 0.717) is 36.3 Å². The van der Waals surface area contributed by atoms with E-state index in [4.69, 9.17) is 25.9 Å². The van der Waals surface area contributed by atoms with Gasteiger partial charge in [-0.25, -0.2) is 0 Å². The Labute approximate surface area is 116 Å². The van der Waals surface area contributed by atoms with Gasteiger partial charge in [0, 0.05) is 11.4 Å². The van der Waals surface area contributed by atoms with Crippen molar-refractivity contribution in [3.05, 3.63) is 40.6 Å². The largest absolute Gasteiger partial charge is 0.493 e. The molecule has 0 bridgehead atoms. The maximum Gasteiger partial charge on any atom is 0.219 e. The molecule has 0 saturated carbocycles. The lowest BCUT2D eigenvalue weighted by Gasteiger charge is -2.07. The van der Waals surface area contributed by atoms with Gasteiger partial charge in [0.15, 0.2) is 0 Å². The van der Waals surface area contributed by atoms with Gasteiger partial charge in [0.05, 0.1) is 19.6 Å². The SMILES string of the molecule is Cc1cc(Cl)ccc1OCCc1nnc(CCO)o1. The van der Waals surface area contributed by atoms with Crippen molar-refractivity contribution in [2.24, 2.45) is 0 Å². The van der Waals surface area contributed by atoms with Crippen LogP contribution in [0.2, 0.25) is 5.02 Å². The zero-order valence-corrected chi connectivity index (χ0v) is 11.4. The number of aliphatic hydroxyl groups excluding tert-OH is 1. The average molecular weight is 283 g/mol. The Hall–Kier alpha value is -1.59. The third-order valence-electron chi connectivity index (χ3n) is 2.54. The lowest BCUT2D eigenvalue weighted by Crippen LogP contribution is -2.02. The van der Waals surface area contributed by atoms with Crippen LogP contribution in [-0.2, 0) is 12.8 Å². The minimum absolute atomic E-state index is 0.00209. The van der Waals surface area contributed by atoms with Crippen LogP contribution in [0.5, 0.6) is 5.75 Å². The van der Waals surface area contributed by atoms with E-state index < -0.39 is 0 Å². The molecule has 0 aliphatic carbocycles. The number of aryl methyl sites for hydroxylation is 1. The van der Waals surface area contributed by atoms with Gasteiger partial charge in [-0.2, -0.15) is 0 Å². The van der Waals surface area contributed by atoms with Gasteiger partial charge in [-0.1, -0.05) is 11.6 Å². The molecule has 0 atom stereocenters. The van der Waals surface area contributed by atoms with E-state index in [1.54, 1.807) is 6.07 Å². The Morgan fingerprint density at radius 1 is 1.26 bits per heavy atom. The van der Waals surface area contributed by atoms with Crippen molar-refractivity contribution in [3.8, 4) is 5.75 Å². The number of hydrogen-bond acceptors (Lipinski definition) is 5. The van der Waals surface area contributed by atoms with Crippen LogP contribution in [0.1, 0.15) is 17.3 Å². The standard InChI is InChI=1S/C13H15ClN2O3/c1-9-8-10(14)2-3-11(9)18-7-5-13-16-15-12(19-13)4-6-17/h2-3,8,17H,4-7H2,1H3. The Kier molecular flexibility index (Phi) is 4.76. The number of benzene rings is 1. The number of halogens is 1. The Balaban J connectivity index is 1.85. The van der Waals surface area contributed by atoms with Gasteiger partial charge in [0.1, 0.15) is 5.75 Å². The number of aliphatic hydroxyl groups is 1. The molecule has 1 heterocycles. The summed E-state index contributed by atoms with van der Waals surface area (Å²) in [5, 5.41) is 17.1. The van der Waals surface area contributed by atoms with Crippen LogP contribution >= 0.6 is 11.6 Å². The molecule has 0 spiro atoms. The zero-order chi connectivity index (χ0) is 13.7. The molecule has 0 fully saturated rings. The summed E-state index contributed by atoms with van der Waals surface area (Å²) in [6.45, 7) is 2.39. The molecule has 1 N–H and O–H groups in total. The van der Waals surface area contributed by atoms with Crippen LogP contribution in [0.4, 0.5) is 0 Å². The fourth-order valence-corrected chi connectivity index (χ4v) is 1.84. The van der Waals surface area contributed by atoms with Gasteiger partial charge in [-0.15, -0.1) is 10.2 Å². The number of ether oxygens (including phenoxy) is 1. The highest BCUT2D eigenvalue weighted by Crippen LogP contribution is 2.21. The molecule has 2 rings (SSSR count). The zero-order valence-electron chi connectivity index (χ0n) is 10.6. The van der Waals surface area contributed by atoms with E-state index in [1.165, 1.54) is 0 Å². The summed E-state index contributed by atoms with van der Waals surface area (Å²) < 4.78 is 11.0. The van der Waals surface area contributed by atoms with E-state index in [0.717, 1.165) is 11.3 Å². The van der Waals surface area contributed by atoms with Crippen LogP contribution in [0, 0.1) is 6.92 Å². The topological polar surface area (TPSA) is 68.4 Å². The molecule has 5 nitrogen and oxygen atoms in total. The van der Waals surface area contributed by atoms with E-state index in [2.05, 4.69) is 10.2 Å².